The van der Waals surface area contributed by atoms with Crippen molar-refractivity contribution in [2.24, 2.45) is 11.0 Å². The summed E-state index contributed by atoms with van der Waals surface area (Å²) in [5.74, 6) is -0.0607. The first-order valence-electron chi connectivity index (χ1n) is 7.88. The molecule has 0 unspecified atom stereocenters. The SMILES string of the molecule is O=C(Cc1csc(-c2ccc(F)cc2)n1)N/N=C\[C@H]1CC=CCC1. The van der Waals surface area contributed by atoms with Gasteiger partial charge in [-0.25, -0.2) is 14.8 Å². The molecule has 1 aromatic carbocycles. The predicted molar refractivity (Wildman–Crippen MR) is 94.3 cm³/mol. The molecule has 3 rings (SSSR count). The zero-order valence-electron chi connectivity index (χ0n) is 13.1. The van der Waals surface area contributed by atoms with E-state index < -0.39 is 0 Å². The molecule has 1 aliphatic rings. The highest BCUT2D eigenvalue weighted by molar-refractivity contribution is 7.13. The quantitative estimate of drug-likeness (QED) is 0.508. The average Bonchev–Trinajstić information content (AvgIpc) is 3.05. The lowest BCUT2D eigenvalue weighted by molar-refractivity contribution is -0.120. The standard InChI is InChI=1S/C18H18FN3OS/c19-15-8-6-14(7-9-15)18-21-16(12-24-18)10-17(23)22-20-11-13-4-2-1-3-5-13/h1-2,6-9,11-13H,3-5,10H2,(H,22,23)/b20-11-/t13-/m0/s1. The second kappa shape index (κ2) is 7.97. The molecule has 6 heteroatoms. The van der Waals surface area contributed by atoms with Gasteiger partial charge < -0.3 is 0 Å². The molecule has 1 amide bonds. The molecule has 24 heavy (non-hydrogen) atoms. The molecule has 1 atom stereocenters. The highest BCUT2D eigenvalue weighted by Crippen LogP contribution is 2.24. The minimum Gasteiger partial charge on any atom is -0.273 e. The maximum absolute atomic E-state index is 12.9. The van der Waals surface area contributed by atoms with Gasteiger partial charge in [0, 0.05) is 17.2 Å². The number of nitrogens with one attached hydrogen (secondary N) is 1. The van der Waals surface area contributed by atoms with Crippen LogP contribution in [0.15, 0.2) is 46.9 Å². The summed E-state index contributed by atoms with van der Waals surface area (Å²) in [6.07, 6.45) is 9.43. The Morgan fingerprint density at radius 3 is 2.96 bits per heavy atom. The zero-order chi connectivity index (χ0) is 16.8. The van der Waals surface area contributed by atoms with E-state index in [-0.39, 0.29) is 18.1 Å². The fourth-order valence-electron chi connectivity index (χ4n) is 2.48. The number of thiazole rings is 1. The van der Waals surface area contributed by atoms with Gasteiger partial charge in [0.05, 0.1) is 12.1 Å². The van der Waals surface area contributed by atoms with E-state index in [0.29, 0.717) is 11.6 Å². The van der Waals surface area contributed by atoms with Crippen LogP contribution in [0.25, 0.3) is 10.6 Å². The maximum Gasteiger partial charge on any atom is 0.246 e. The first kappa shape index (κ1) is 16.5. The minimum atomic E-state index is -0.277. The molecule has 0 bridgehead atoms. The summed E-state index contributed by atoms with van der Waals surface area (Å²) in [6.45, 7) is 0. The van der Waals surface area contributed by atoms with E-state index in [4.69, 9.17) is 0 Å². The Kier molecular flexibility index (Phi) is 5.48. The Morgan fingerprint density at radius 1 is 1.38 bits per heavy atom. The number of rotatable bonds is 5. The average molecular weight is 343 g/mol. The van der Waals surface area contributed by atoms with Crippen LogP contribution in [0.2, 0.25) is 0 Å². The van der Waals surface area contributed by atoms with Crippen molar-refractivity contribution in [2.75, 3.05) is 0 Å². The second-order valence-electron chi connectivity index (χ2n) is 5.69. The summed E-state index contributed by atoms with van der Waals surface area (Å²) < 4.78 is 12.9. The predicted octanol–water partition coefficient (Wildman–Crippen LogP) is 3.95. The third-order valence-corrected chi connectivity index (χ3v) is 4.71. The van der Waals surface area contributed by atoms with E-state index in [1.165, 1.54) is 23.5 Å². The van der Waals surface area contributed by atoms with Crippen LogP contribution in [0, 0.1) is 11.7 Å². The fraction of sp³-hybridized carbons (Fsp3) is 0.278. The Bertz CT molecular complexity index is 752. The summed E-state index contributed by atoms with van der Waals surface area (Å²) in [4.78, 5) is 16.3. The van der Waals surface area contributed by atoms with Crippen LogP contribution in [-0.4, -0.2) is 17.1 Å². The van der Waals surface area contributed by atoms with Gasteiger partial charge in [0.25, 0.3) is 0 Å². The summed E-state index contributed by atoms with van der Waals surface area (Å²) in [6, 6.07) is 6.17. The molecule has 0 fully saturated rings. The number of benzene rings is 1. The number of hydrazone groups is 1. The molecule has 1 N–H and O–H groups in total. The molecule has 1 heterocycles. The molecule has 4 nitrogen and oxygen atoms in total. The summed E-state index contributed by atoms with van der Waals surface area (Å²) in [5, 5.41) is 6.66. The van der Waals surface area contributed by atoms with E-state index in [2.05, 4.69) is 27.7 Å². The van der Waals surface area contributed by atoms with Crippen LogP contribution >= 0.6 is 11.3 Å². The van der Waals surface area contributed by atoms with Crippen LogP contribution in [0.3, 0.4) is 0 Å². The molecule has 0 aliphatic heterocycles. The molecule has 0 saturated carbocycles. The Morgan fingerprint density at radius 2 is 2.21 bits per heavy atom. The number of hydrogen-bond donors (Lipinski definition) is 1. The van der Waals surface area contributed by atoms with Crippen molar-refractivity contribution in [3.63, 3.8) is 0 Å². The van der Waals surface area contributed by atoms with Crippen molar-refractivity contribution < 1.29 is 9.18 Å². The topological polar surface area (TPSA) is 54.4 Å². The van der Waals surface area contributed by atoms with Gasteiger partial charge in [-0.2, -0.15) is 5.10 Å². The number of nitrogens with zero attached hydrogens (tertiary/aromatic N) is 2. The van der Waals surface area contributed by atoms with Gasteiger partial charge in [0.2, 0.25) is 5.91 Å². The van der Waals surface area contributed by atoms with Crippen molar-refractivity contribution in [2.45, 2.75) is 25.7 Å². The zero-order valence-corrected chi connectivity index (χ0v) is 13.9. The lowest BCUT2D eigenvalue weighted by atomic mass is 9.96. The van der Waals surface area contributed by atoms with E-state index in [9.17, 15) is 9.18 Å². The van der Waals surface area contributed by atoms with Crippen molar-refractivity contribution in [3.8, 4) is 10.6 Å². The van der Waals surface area contributed by atoms with Gasteiger partial charge in [-0.15, -0.1) is 11.3 Å². The van der Waals surface area contributed by atoms with Crippen LogP contribution < -0.4 is 5.43 Å². The van der Waals surface area contributed by atoms with Gasteiger partial charge in [0.15, 0.2) is 0 Å². The second-order valence-corrected chi connectivity index (χ2v) is 6.54. The first-order valence-corrected chi connectivity index (χ1v) is 8.76. The third kappa shape index (κ3) is 4.58. The van der Waals surface area contributed by atoms with Crippen LogP contribution in [0.5, 0.6) is 0 Å². The fourth-order valence-corrected chi connectivity index (χ4v) is 3.31. The van der Waals surface area contributed by atoms with Gasteiger partial charge in [-0.3, -0.25) is 4.79 Å². The van der Waals surface area contributed by atoms with Gasteiger partial charge in [0.1, 0.15) is 10.8 Å². The van der Waals surface area contributed by atoms with Crippen LogP contribution in [-0.2, 0) is 11.2 Å². The lowest BCUT2D eigenvalue weighted by Crippen LogP contribution is -2.20. The number of hydrogen-bond acceptors (Lipinski definition) is 4. The lowest BCUT2D eigenvalue weighted by Gasteiger charge is -2.11. The number of amides is 1. The number of aromatic nitrogens is 1. The van der Waals surface area contributed by atoms with Crippen molar-refractivity contribution in [1.29, 1.82) is 0 Å². The number of allylic oxidation sites excluding steroid dienone is 2. The van der Waals surface area contributed by atoms with E-state index in [1.54, 1.807) is 12.1 Å². The van der Waals surface area contributed by atoms with E-state index >= 15 is 0 Å². The summed E-state index contributed by atoms with van der Waals surface area (Å²) in [7, 11) is 0. The van der Waals surface area contributed by atoms with Crippen molar-refractivity contribution in [3.05, 3.63) is 53.3 Å². The molecular weight excluding hydrogens is 325 g/mol. The Hall–Kier alpha value is -2.34. The number of carbonyl (C=O) groups excluding carboxylic acids is 1. The van der Waals surface area contributed by atoms with E-state index in [0.717, 1.165) is 29.8 Å². The molecule has 1 aliphatic carbocycles. The normalized spacial score (nSPS) is 17.3. The number of carbonyl (C=O) groups is 1. The maximum atomic E-state index is 12.9. The molecule has 0 saturated heterocycles. The Labute approximate surface area is 144 Å². The summed E-state index contributed by atoms with van der Waals surface area (Å²) in [5.41, 5.74) is 4.09. The largest absolute Gasteiger partial charge is 0.273 e. The molecule has 1 aromatic heterocycles. The first-order chi connectivity index (χ1) is 11.7. The monoisotopic (exact) mass is 343 g/mol. The van der Waals surface area contributed by atoms with Crippen LogP contribution in [0.1, 0.15) is 25.0 Å². The summed E-state index contributed by atoms with van der Waals surface area (Å²) >= 11 is 1.44. The highest BCUT2D eigenvalue weighted by atomic mass is 32.1. The highest BCUT2D eigenvalue weighted by Gasteiger charge is 2.10. The molecule has 124 valence electrons. The minimum absolute atomic E-state index is 0.180. The number of halogens is 1. The third-order valence-electron chi connectivity index (χ3n) is 3.77. The van der Waals surface area contributed by atoms with Gasteiger partial charge in [-0.1, -0.05) is 12.2 Å². The Balaban J connectivity index is 1.52. The van der Waals surface area contributed by atoms with Crippen molar-refractivity contribution in [1.82, 2.24) is 10.4 Å². The molecule has 2 aromatic rings. The smallest absolute Gasteiger partial charge is 0.246 e. The van der Waals surface area contributed by atoms with Crippen molar-refractivity contribution >= 4 is 23.5 Å². The molecular formula is C18H18FN3OS. The van der Waals surface area contributed by atoms with Gasteiger partial charge >= 0.3 is 0 Å². The molecule has 0 radical (unpaired) electrons. The van der Waals surface area contributed by atoms with E-state index in [1.807, 2.05) is 11.6 Å². The van der Waals surface area contributed by atoms with Gasteiger partial charge in [-0.05, 0) is 49.4 Å². The van der Waals surface area contributed by atoms with Crippen LogP contribution in [0.4, 0.5) is 4.39 Å². The molecule has 0 spiro atoms.